The highest BCUT2D eigenvalue weighted by Gasteiger charge is 2.08. The number of methoxy groups -OCH3 is 1. The molecule has 0 aliphatic carbocycles. The van der Waals surface area contributed by atoms with Gasteiger partial charge < -0.3 is 15.8 Å². The van der Waals surface area contributed by atoms with Gasteiger partial charge in [0.05, 0.1) is 12.8 Å². The Morgan fingerprint density at radius 2 is 2.19 bits per heavy atom. The van der Waals surface area contributed by atoms with E-state index in [-0.39, 0.29) is 0 Å². The number of nitrogens with one attached hydrogen (secondary N) is 1. The molecule has 0 atom stereocenters. The Morgan fingerprint density at radius 3 is 2.81 bits per heavy atom. The Hall–Kier alpha value is -1.13. The average Bonchev–Trinajstić information content (AvgIpc) is 2.28. The molecule has 0 aromatic carbocycles. The van der Waals surface area contributed by atoms with Crippen LogP contribution in [-0.2, 0) is 6.54 Å². The first-order chi connectivity index (χ1) is 7.70. The fourth-order valence-corrected chi connectivity index (χ4v) is 1.68. The number of hydrogen-bond acceptors (Lipinski definition) is 4. The van der Waals surface area contributed by atoms with Gasteiger partial charge in [-0.3, -0.25) is 4.98 Å². The van der Waals surface area contributed by atoms with Gasteiger partial charge in [-0.25, -0.2) is 0 Å². The van der Waals surface area contributed by atoms with Crippen LogP contribution in [0.15, 0.2) is 6.20 Å². The van der Waals surface area contributed by atoms with E-state index in [0.29, 0.717) is 0 Å². The van der Waals surface area contributed by atoms with Crippen LogP contribution >= 0.6 is 0 Å². The molecule has 1 aromatic heterocycles. The molecule has 0 aliphatic heterocycles. The minimum Gasteiger partial charge on any atom is -0.496 e. The lowest BCUT2D eigenvalue weighted by Gasteiger charge is -2.12. The topological polar surface area (TPSA) is 60.2 Å². The smallest absolute Gasteiger partial charge is 0.128 e. The van der Waals surface area contributed by atoms with E-state index in [1.165, 1.54) is 0 Å². The van der Waals surface area contributed by atoms with Crippen LogP contribution in [0.1, 0.15) is 23.2 Å². The maximum atomic E-state index is 5.43. The third kappa shape index (κ3) is 3.18. The van der Waals surface area contributed by atoms with Crippen molar-refractivity contribution in [2.45, 2.75) is 26.8 Å². The van der Waals surface area contributed by atoms with Crippen molar-refractivity contribution in [3.05, 3.63) is 23.0 Å². The molecule has 0 spiro atoms. The van der Waals surface area contributed by atoms with Gasteiger partial charge >= 0.3 is 0 Å². The second kappa shape index (κ2) is 6.45. The number of nitrogens with two attached hydrogens (primary N) is 1. The van der Waals surface area contributed by atoms with Crippen LogP contribution in [0.4, 0.5) is 0 Å². The molecule has 0 fully saturated rings. The van der Waals surface area contributed by atoms with Crippen molar-refractivity contribution in [1.82, 2.24) is 10.3 Å². The summed E-state index contributed by atoms with van der Waals surface area (Å²) in [6, 6.07) is 0. The Labute approximate surface area is 97.2 Å². The molecule has 1 aromatic rings. The monoisotopic (exact) mass is 223 g/mol. The van der Waals surface area contributed by atoms with Gasteiger partial charge in [0.15, 0.2) is 0 Å². The SMILES string of the molecule is COc1c(C)cnc(CNCCCN)c1C. The fraction of sp³-hybridized carbons (Fsp3) is 0.583. The molecule has 0 saturated carbocycles. The molecule has 4 heteroatoms. The number of hydrogen-bond donors (Lipinski definition) is 2. The molecule has 0 bridgehead atoms. The van der Waals surface area contributed by atoms with Gasteiger partial charge in [-0.1, -0.05) is 0 Å². The summed E-state index contributed by atoms with van der Waals surface area (Å²) >= 11 is 0. The lowest BCUT2D eigenvalue weighted by atomic mass is 10.1. The molecule has 1 rings (SSSR count). The third-order valence-corrected chi connectivity index (χ3v) is 2.60. The number of aromatic nitrogens is 1. The Morgan fingerprint density at radius 1 is 1.44 bits per heavy atom. The predicted octanol–water partition coefficient (Wildman–Crippen LogP) is 1.15. The quantitative estimate of drug-likeness (QED) is 0.710. The fourth-order valence-electron chi connectivity index (χ4n) is 1.68. The van der Waals surface area contributed by atoms with Gasteiger partial charge in [-0.2, -0.15) is 0 Å². The van der Waals surface area contributed by atoms with Crippen molar-refractivity contribution in [1.29, 1.82) is 0 Å². The molecule has 0 amide bonds. The molecule has 4 nitrogen and oxygen atoms in total. The summed E-state index contributed by atoms with van der Waals surface area (Å²) in [6.45, 7) is 6.45. The zero-order valence-corrected chi connectivity index (χ0v) is 10.3. The largest absolute Gasteiger partial charge is 0.496 e. The van der Waals surface area contributed by atoms with E-state index < -0.39 is 0 Å². The van der Waals surface area contributed by atoms with E-state index in [2.05, 4.69) is 10.3 Å². The van der Waals surface area contributed by atoms with Crippen molar-refractivity contribution in [3.8, 4) is 5.75 Å². The molecule has 0 aliphatic rings. The highest BCUT2D eigenvalue weighted by molar-refractivity contribution is 5.40. The zero-order valence-electron chi connectivity index (χ0n) is 10.3. The Bertz CT molecular complexity index is 339. The van der Waals surface area contributed by atoms with Crippen molar-refractivity contribution in [3.63, 3.8) is 0 Å². The lowest BCUT2D eigenvalue weighted by molar-refractivity contribution is 0.406. The van der Waals surface area contributed by atoms with Crippen LogP contribution in [0.2, 0.25) is 0 Å². The minimum absolute atomic E-state index is 0.719. The van der Waals surface area contributed by atoms with E-state index >= 15 is 0 Å². The molecule has 0 unspecified atom stereocenters. The van der Waals surface area contributed by atoms with Crippen LogP contribution < -0.4 is 15.8 Å². The molecule has 0 radical (unpaired) electrons. The summed E-state index contributed by atoms with van der Waals surface area (Å²) < 4.78 is 5.36. The van der Waals surface area contributed by atoms with E-state index in [4.69, 9.17) is 10.5 Å². The van der Waals surface area contributed by atoms with Crippen LogP contribution in [0, 0.1) is 13.8 Å². The van der Waals surface area contributed by atoms with Crippen LogP contribution in [0.25, 0.3) is 0 Å². The summed E-state index contributed by atoms with van der Waals surface area (Å²) in [7, 11) is 1.70. The molecular formula is C12H21N3O. The number of nitrogens with zero attached hydrogens (tertiary/aromatic N) is 1. The van der Waals surface area contributed by atoms with E-state index in [1.54, 1.807) is 7.11 Å². The average molecular weight is 223 g/mol. The van der Waals surface area contributed by atoms with Crippen molar-refractivity contribution in [2.24, 2.45) is 5.73 Å². The van der Waals surface area contributed by atoms with E-state index in [9.17, 15) is 0 Å². The van der Waals surface area contributed by atoms with Gasteiger partial charge in [-0.05, 0) is 33.4 Å². The lowest BCUT2D eigenvalue weighted by Crippen LogP contribution is -2.19. The third-order valence-electron chi connectivity index (χ3n) is 2.60. The molecule has 3 N–H and O–H groups in total. The maximum absolute atomic E-state index is 5.43. The second-order valence-corrected chi connectivity index (χ2v) is 3.87. The van der Waals surface area contributed by atoms with Crippen molar-refractivity contribution in [2.75, 3.05) is 20.2 Å². The molecule has 16 heavy (non-hydrogen) atoms. The molecular weight excluding hydrogens is 202 g/mol. The van der Waals surface area contributed by atoms with Crippen LogP contribution in [0.5, 0.6) is 5.75 Å². The molecule has 1 heterocycles. The van der Waals surface area contributed by atoms with Gasteiger partial charge in [0.25, 0.3) is 0 Å². The van der Waals surface area contributed by atoms with Crippen LogP contribution in [0.3, 0.4) is 0 Å². The number of ether oxygens (including phenoxy) is 1. The number of rotatable bonds is 6. The summed E-state index contributed by atoms with van der Waals surface area (Å²) in [6.07, 6.45) is 2.84. The number of pyridine rings is 1. The zero-order chi connectivity index (χ0) is 12.0. The maximum Gasteiger partial charge on any atom is 0.128 e. The number of aryl methyl sites for hydroxylation is 1. The van der Waals surface area contributed by atoms with Crippen LogP contribution in [-0.4, -0.2) is 25.2 Å². The Kier molecular flexibility index (Phi) is 5.22. The summed E-state index contributed by atoms with van der Waals surface area (Å²) in [5.41, 5.74) is 8.66. The van der Waals surface area contributed by atoms with Crippen molar-refractivity contribution >= 4 is 0 Å². The first-order valence-corrected chi connectivity index (χ1v) is 5.60. The highest BCUT2D eigenvalue weighted by Crippen LogP contribution is 2.23. The first-order valence-electron chi connectivity index (χ1n) is 5.60. The summed E-state index contributed by atoms with van der Waals surface area (Å²) in [5.74, 6) is 0.936. The normalized spacial score (nSPS) is 10.5. The molecule has 0 saturated heterocycles. The Balaban J connectivity index is 2.66. The van der Waals surface area contributed by atoms with Gasteiger partial charge in [0.1, 0.15) is 5.75 Å². The predicted molar refractivity (Wildman–Crippen MR) is 65.6 cm³/mol. The van der Waals surface area contributed by atoms with Gasteiger partial charge in [0, 0.05) is 23.9 Å². The highest BCUT2D eigenvalue weighted by atomic mass is 16.5. The summed E-state index contributed by atoms with van der Waals surface area (Å²) in [5, 5.41) is 3.32. The minimum atomic E-state index is 0.719. The van der Waals surface area contributed by atoms with E-state index in [1.807, 2.05) is 20.0 Å². The van der Waals surface area contributed by atoms with Gasteiger partial charge in [0.2, 0.25) is 0 Å². The first kappa shape index (κ1) is 12.9. The van der Waals surface area contributed by atoms with E-state index in [0.717, 1.165) is 48.6 Å². The molecule has 90 valence electrons. The van der Waals surface area contributed by atoms with Gasteiger partial charge in [-0.15, -0.1) is 0 Å². The summed E-state index contributed by atoms with van der Waals surface area (Å²) in [4.78, 5) is 4.41. The standard InChI is InChI=1S/C12H21N3O/c1-9-7-15-11(8-14-6-4-5-13)10(2)12(9)16-3/h7,14H,4-6,8,13H2,1-3H3. The van der Waals surface area contributed by atoms with Crippen molar-refractivity contribution < 1.29 is 4.74 Å². The second-order valence-electron chi connectivity index (χ2n) is 3.87.